The van der Waals surface area contributed by atoms with Crippen LogP contribution >= 0.6 is 11.3 Å². The second kappa shape index (κ2) is 4.42. The third kappa shape index (κ3) is 2.19. The van der Waals surface area contributed by atoms with Crippen molar-refractivity contribution in [2.75, 3.05) is 6.26 Å². The molecule has 5 nitrogen and oxygen atoms in total. The SMILES string of the molecule is Cc1nc(C)c(Cn2cnnc2S(C)=O)s1. The molecule has 86 valence electrons. The Morgan fingerprint density at radius 1 is 1.50 bits per heavy atom. The minimum Gasteiger partial charge on any atom is -0.301 e. The van der Waals surface area contributed by atoms with Crippen LogP contribution in [-0.2, 0) is 17.3 Å². The number of rotatable bonds is 3. The van der Waals surface area contributed by atoms with E-state index in [1.807, 2.05) is 13.8 Å². The zero-order valence-electron chi connectivity index (χ0n) is 9.30. The van der Waals surface area contributed by atoms with Crippen LogP contribution in [0, 0.1) is 13.8 Å². The Hall–Kier alpha value is -1.08. The predicted octanol–water partition coefficient (Wildman–Crippen LogP) is 1.14. The van der Waals surface area contributed by atoms with E-state index in [0.29, 0.717) is 11.7 Å². The predicted molar refractivity (Wildman–Crippen MR) is 63.0 cm³/mol. The minimum absolute atomic E-state index is 0.505. The molecule has 0 aliphatic carbocycles. The Morgan fingerprint density at radius 3 is 2.81 bits per heavy atom. The third-order valence-corrected chi connectivity index (χ3v) is 4.04. The lowest BCUT2D eigenvalue weighted by Gasteiger charge is -2.02. The molecule has 0 radical (unpaired) electrons. The van der Waals surface area contributed by atoms with E-state index in [4.69, 9.17) is 0 Å². The second-order valence-electron chi connectivity index (χ2n) is 3.44. The topological polar surface area (TPSA) is 60.7 Å². The maximum Gasteiger partial charge on any atom is 0.221 e. The summed E-state index contributed by atoms with van der Waals surface area (Å²) < 4.78 is 13.2. The number of aromatic nitrogens is 4. The number of thiazole rings is 1. The van der Waals surface area contributed by atoms with Crippen molar-refractivity contribution < 1.29 is 4.21 Å². The van der Waals surface area contributed by atoms with Crippen LogP contribution in [0.1, 0.15) is 15.6 Å². The molecule has 0 saturated heterocycles. The molecule has 16 heavy (non-hydrogen) atoms. The van der Waals surface area contributed by atoms with E-state index in [-0.39, 0.29) is 0 Å². The van der Waals surface area contributed by atoms with Crippen LogP contribution in [-0.4, -0.2) is 30.2 Å². The first-order valence-corrected chi connectivity index (χ1v) is 7.09. The minimum atomic E-state index is -1.11. The van der Waals surface area contributed by atoms with Crippen molar-refractivity contribution in [3.05, 3.63) is 21.9 Å². The maximum absolute atomic E-state index is 11.4. The molecule has 0 saturated carbocycles. The van der Waals surface area contributed by atoms with Gasteiger partial charge in [0, 0.05) is 11.1 Å². The molecule has 1 unspecified atom stereocenters. The van der Waals surface area contributed by atoms with Crippen LogP contribution < -0.4 is 0 Å². The standard InChI is InChI=1S/C9H12N4OS2/c1-6-8(15-7(2)11-6)4-13-5-10-12-9(13)16(3)14/h5H,4H2,1-3H3. The highest BCUT2D eigenvalue weighted by Crippen LogP contribution is 2.19. The Bertz CT molecular complexity index is 531. The summed E-state index contributed by atoms with van der Waals surface area (Å²) in [6.07, 6.45) is 3.20. The van der Waals surface area contributed by atoms with Crippen LogP contribution in [0.15, 0.2) is 11.5 Å². The van der Waals surface area contributed by atoms with Gasteiger partial charge >= 0.3 is 0 Å². The summed E-state index contributed by atoms with van der Waals surface area (Å²) in [7, 11) is -1.11. The Labute approximate surface area is 100 Å². The van der Waals surface area contributed by atoms with E-state index in [0.717, 1.165) is 15.6 Å². The molecule has 1 atom stereocenters. The van der Waals surface area contributed by atoms with Crippen molar-refractivity contribution in [3.63, 3.8) is 0 Å². The van der Waals surface area contributed by atoms with E-state index in [2.05, 4.69) is 15.2 Å². The molecule has 2 aromatic heterocycles. The van der Waals surface area contributed by atoms with E-state index in [1.54, 1.807) is 28.5 Å². The summed E-state index contributed by atoms with van der Waals surface area (Å²) in [6, 6.07) is 0. The molecular weight excluding hydrogens is 244 g/mol. The van der Waals surface area contributed by atoms with E-state index in [1.165, 1.54) is 0 Å². The van der Waals surface area contributed by atoms with Gasteiger partial charge in [0.25, 0.3) is 0 Å². The van der Waals surface area contributed by atoms with Gasteiger partial charge in [0.2, 0.25) is 5.16 Å². The van der Waals surface area contributed by atoms with Crippen molar-refractivity contribution >= 4 is 22.1 Å². The third-order valence-electron chi connectivity index (χ3n) is 2.15. The van der Waals surface area contributed by atoms with Gasteiger partial charge in [-0.3, -0.25) is 4.21 Å². The fraction of sp³-hybridized carbons (Fsp3) is 0.444. The van der Waals surface area contributed by atoms with E-state index < -0.39 is 10.8 Å². The van der Waals surface area contributed by atoms with Crippen LogP contribution in [0.5, 0.6) is 0 Å². The molecular formula is C9H12N4OS2. The summed E-state index contributed by atoms with van der Waals surface area (Å²) >= 11 is 1.65. The van der Waals surface area contributed by atoms with Crippen molar-refractivity contribution in [2.45, 2.75) is 25.5 Å². The molecule has 0 fully saturated rings. The van der Waals surface area contributed by atoms with Crippen LogP contribution in [0.25, 0.3) is 0 Å². The summed E-state index contributed by atoms with van der Waals surface area (Å²) in [5, 5.41) is 9.17. The second-order valence-corrected chi connectivity index (χ2v) is 6.00. The zero-order valence-corrected chi connectivity index (χ0v) is 10.9. The lowest BCUT2D eigenvalue weighted by molar-refractivity contribution is 0.654. The molecule has 0 amide bonds. The van der Waals surface area contributed by atoms with Gasteiger partial charge in [-0.1, -0.05) is 0 Å². The highest BCUT2D eigenvalue weighted by Gasteiger charge is 2.11. The quantitative estimate of drug-likeness (QED) is 0.826. The van der Waals surface area contributed by atoms with Gasteiger partial charge in [-0.25, -0.2) is 4.98 Å². The molecule has 0 aliphatic heterocycles. The van der Waals surface area contributed by atoms with Gasteiger partial charge in [-0.2, -0.15) is 0 Å². The van der Waals surface area contributed by atoms with E-state index in [9.17, 15) is 4.21 Å². The number of nitrogens with zero attached hydrogens (tertiary/aromatic N) is 4. The average Bonchev–Trinajstić information content (AvgIpc) is 2.75. The summed E-state index contributed by atoms with van der Waals surface area (Å²) in [5.74, 6) is 0. The van der Waals surface area contributed by atoms with Crippen molar-refractivity contribution in [3.8, 4) is 0 Å². The molecule has 0 bridgehead atoms. The Morgan fingerprint density at radius 2 is 2.25 bits per heavy atom. The normalized spacial score (nSPS) is 12.9. The molecule has 2 aromatic rings. The highest BCUT2D eigenvalue weighted by atomic mass is 32.2. The van der Waals surface area contributed by atoms with Gasteiger partial charge in [-0.05, 0) is 13.8 Å². The summed E-state index contributed by atoms with van der Waals surface area (Å²) in [5.41, 5.74) is 1.02. The van der Waals surface area contributed by atoms with E-state index >= 15 is 0 Å². The fourth-order valence-corrected chi connectivity index (χ4v) is 2.99. The molecule has 7 heteroatoms. The lowest BCUT2D eigenvalue weighted by atomic mass is 10.4. The van der Waals surface area contributed by atoms with Gasteiger partial charge in [-0.15, -0.1) is 21.5 Å². The number of hydrogen-bond donors (Lipinski definition) is 0. The molecule has 2 heterocycles. The van der Waals surface area contributed by atoms with Crippen molar-refractivity contribution in [1.29, 1.82) is 0 Å². The molecule has 2 rings (SSSR count). The maximum atomic E-state index is 11.4. The van der Waals surface area contributed by atoms with Crippen molar-refractivity contribution in [1.82, 2.24) is 19.7 Å². The average molecular weight is 256 g/mol. The summed E-state index contributed by atoms with van der Waals surface area (Å²) in [4.78, 5) is 5.51. The first-order valence-electron chi connectivity index (χ1n) is 4.72. The zero-order chi connectivity index (χ0) is 11.7. The fourth-order valence-electron chi connectivity index (χ4n) is 1.45. The molecule has 0 spiro atoms. The first kappa shape index (κ1) is 11.4. The van der Waals surface area contributed by atoms with Gasteiger partial charge in [0.05, 0.1) is 28.0 Å². The molecule has 0 aromatic carbocycles. The number of aryl methyl sites for hydroxylation is 2. The Balaban J connectivity index is 2.30. The van der Waals surface area contributed by atoms with Gasteiger partial charge < -0.3 is 4.57 Å². The molecule has 0 N–H and O–H groups in total. The molecule has 0 aliphatic rings. The lowest BCUT2D eigenvalue weighted by Crippen LogP contribution is -2.05. The highest BCUT2D eigenvalue weighted by molar-refractivity contribution is 7.84. The number of hydrogen-bond acceptors (Lipinski definition) is 5. The largest absolute Gasteiger partial charge is 0.301 e. The monoisotopic (exact) mass is 256 g/mol. The first-order chi connectivity index (χ1) is 7.58. The van der Waals surface area contributed by atoms with Crippen molar-refractivity contribution in [2.24, 2.45) is 0 Å². The van der Waals surface area contributed by atoms with Crippen LogP contribution in [0.3, 0.4) is 0 Å². The Kier molecular flexibility index (Phi) is 3.15. The van der Waals surface area contributed by atoms with Gasteiger partial charge in [0.1, 0.15) is 6.33 Å². The van der Waals surface area contributed by atoms with Gasteiger partial charge in [0.15, 0.2) is 0 Å². The van der Waals surface area contributed by atoms with Crippen LogP contribution in [0.4, 0.5) is 0 Å². The summed E-state index contributed by atoms with van der Waals surface area (Å²) in [6.45, 7) is 4.59. The van der Waals surface area contributed by atoms with Crippen LogP contribution in [0.2, 0.25) is 0 Å². The smallest absolute Gasteiger partial charge is 0.221 e.